The van der Waals surface area contributed by atoms with Crippen molar-refractivity contribution in [3.63, 3.8) is 0 Å². The van der Waals surface area contributed by atoms with E-state index in [9.17, 15) is 9.59 Å². The molecule has 0 aliphatic carbocycles. The zero-order chi connectivity index (χ0) is 18.4. The summed E-state index contributed by atoms with van der Waals surface area (Å²) in [7, 11) is 1.46. The van der Waals surface area contributed by atoms with Crippen LogP contribution in [-0.2, 0) is 9.53 Å². The predicted octanol–water partition coefficient (Wildman–Crippen LogP) is 4.23. The number of benzene rings is 2. The van der Waals surface area contributed by atoms with Gasteiger partial charge in [0.1, 0.15) is 6.10 Å². The summed E-state index contributed by atoms with van der Waals surface area (Å²) in [5.41, 5.74) is 1.22. The quantitative estimate of drug-likeness (QED) is 0.544. The third-order valence-electron chi connectivity index (χ3n) is 3.57. The van der Waals surface area contributed by atoms with Gasteiger partial charge in [0, 0.05) is 16.1 Å². The van der Waals surface area contributed by atoms with Gasteiger partial charge in [-0.25, -0.2) is 4.79 Å². The van der Waals surface area contributed by atoms with Crippen molar-refractivity contribution in [2.45, 2.75) is 20.0 Å². The van der Waals surface area contributed by atoms with Gasteiger partial charge in [-0.2, -0.15) is 0 Å². The molecule has 2 aromatic carbocycles. The van der Waals surface area contributed by atoms with E-state index < -0.39 is 12.1 Å². The van der Waals surface area contributed by atoms with Crippen molar-refractivity contribution in [2.75, 3.05) is 13.7 Å². The molecule has 132 valence electrons. The lowest BCUT2D eigenvalue weighted by Gasteiger charge is -2.16. The van der Waals surface area contributed by atoms with Gasteiger partial charge < -0.3 is 14.2 Å². The smallest absolute Gasteiger partial charge is 0.344 e. The second kappa shape index (κ2) is 8.53. The topological polar surface area (TPSA) is 61.8 Å². The molecule has 0 saturated heterocycles. The van der Waals surface area contributed by atoms with E-state index in [-0.39, 0.29) is 12.4 Å². The van der Waals surface area contributed by atoms with Crippen LogP contribution in [0.4, 0.5) is 0 Å². The van der Waals surface area contributed by atoms with Crippen molar-refractivity contribution in [2.24, 2.45) is 0 Å². The lowest BCUT2D eigenvalue weighted by atomic mass is 10.1. The lowest BCUT2D eigenvalue weighted by Crippen LogP contribution is -2.17. The molecule has 6 heteroatoms. The molecule has 0 amide bonds. The molecule has 0 spiro atoms. The molecule has 0 radical (unpaired) electrons. The van der Waals surface area contributed by atoms with Gasteiger partial charge in [0.2, 0.25) is 0 Å². The molecule has 0 aliphatic rings. The predicted molar refractivity (Wildman–Crippen MR) is 94.5 cm³/mol. The van der Waals surface area contributed by atoms with E-state index in [4.69, 9.17) is 25.8 Å². The second-order valence-electron chi connectivity index (χ2n) is 5.36. The molecule has 0 N–H and O–H groups in total. The van der Waals surface area contributed by atoms with E-state index >= 15 is 0 Å². The molecule has 5 nitrogen and oxygen atoms in total. The van der Waals surface area contributed by atoms with E-state index in [1.807, 2.05) is 6.07 Å². The molecule has 2 aromatic rings. The number of ketones is 1. The Morgan fingerprint density at radius 1 is 1.12 bits per heavy atom. The number of ether oxygens (including phenoxy) is 3. The summed E-state index contributed by atoms with van der Waals surface area (Å²) >= 11 is 6.09. The highest BCUT2D eigenvalue weighted by atomic mass is 35.5. The summed E-state index contributed by atoms with van der Waals surface area (Å²) < 4.78 is 16.0. The largest absolute Gasteiger partial charge is 0.493 e. The van der Waals surface area contributed by atoms with Crippen molar-refractivity contribution >= 4 is 23.4 Å². The molecule has 0 heterocycles. The summed E-state index contributed by atoms with van der Waals surface area (Å²) in [6.07, 6.45) is -0.494. The first-order valence-electron chi connectivity index (χ1n) is 7.68. The molecule has 0 aromatic heterocycles. The number of hydrogen-bond acceptors (Lipinski definition) is 5. The molecular formula is C19H19ClO5. The molecular weight excluding hydrogens is 344 g/mol. The molecule has 0 bridgehead atoms. The minimum atomic E-state index is -0.537. The number of rotatable bonds is 7. The van der Waals surface area contributed by atoms with Crippen molar-refractivity contribution < 1.29 is 23.8 Å². The number of halogens is 1. The Hall–Kier alpha value is -2.53. The lowest BCUT2D eigenvalue weighted by molar-refractivity contribution is -0.151. The van der Waals surface area contributed by atoms with Gasteiger partial charge in [-0.05, 0) is 38.1 Å². The maximum Gasteiger partial charge on any atom is 0.344 e. The zero-order valence-corrected chi connectivity index (χ0v) is 15.0. The number of carbonyl (C=O) groups excluding carboxylic acids is 2. The van der Waals surface area contributed by atoms with E-state index in [0.29, 0.717) is 22.1 Å². The van der Waals surface area contributed by atoms with E-state index in [1.54, 1.807) is 43.3 Å². The molecule has 0 aliphatic heterocycles. The van der Waals surface area contributed by atoms with E-state index in [2.05, 4.69) is 0 Å². The van der Waals surface area contributed by atoms with Crippen molar-refractivity contribution in [3.8, 4) is 11.5 Å². The molecule has 0 fully saturated rings. The Balaban J connectivity index is 1.98. The van der Waals surface area contributed by atoms with Crippen LogP contribution in [0.1, 0.15) is 35.9 Å². The fourth-order valence-corrected chi connectivity index (χ4v) is 2.53. The number of carbonyl (C=O) groups is 2. The highest BCUT2D eigenvalue weighted by molar-refractivity contribution is 6.31. The fraction of sp³-hybridized carbons (Fsp3) is 0.263. The summed E-state index contributed by atoms with van der Waals surface area (Å²) in [6.45, 7) is 2.91. The van der Waals surface area contributed by atoms with Crippen LogP contribution in [0.15, 0.2) is 42.5 Å². The molecule has 1 atom stereocenters. The Morgan fingerprint density at radius 2 is 1.84 bits per heavy atom. The van der Waals surface area contributed by atoms with Crippen LogP contribution in [0.25, 0.3) is 0 Å². The summed E-state index contributed by atoms with van der Waals surface area (Å²) in [6, 6.07) is 11.9. The monoisotopic (exact) mass is 362 g/mol. The van der Waals surface area contributed by atoms with Crippen LogP contribution >= 0.6 is 11.6 Å². The Morgan fingerprint density at radius 3 is 2.48 bits per heavy atom. The van der Waals surface area contributed by atoms with E-state index in [1.165, 1.54) is 14.0 Å². The van der Waals surface area contributed by atoms with Gasteiger partial charge in [0.05, 0.1) is 7.11 Å². The summed E-state index contributed by atoms with van der Waals surface area (Å²) in [4.78, 5) is 23.4. The van der Waals surface area contributed by atoms with Crippen molar-refractivity contribution in [3.05, 3.63) is 58.6 Å². The first-order valence-corrected chi connectivity index (χ1v) is 8.06. The average molecular weight is 363 g/mol. The standard InChI is InChI=1S/C19H19ClO5/c1-12(21)14-8-9-17(18(10-14)23-3)24-11-19(22)25-13(2)15-6-4-5-7-16(15)20/h4-10,13H,11H2,1-3H3/t13-/m0/s1. The molecule has 25 heavy (non-hydrogen) atoms. The Bertz CT molecular complexity index is 772. The third-order valence-corrected chi connectivity index (χ3v) is 3.91. The van der Waals surface area contributed by atoms with E-state index in [0.717, 1.165) is 5.56 Å². The normalized spacial score (nSPS) is 11.5. The summed E-state index contributed by atoms with van der Waals surface area (Å²) in [5, 5.41) is 0.533. The number of esters is 1. The van der Waals surface area contributed by atoms with Crippen molar-refractivity contribution in [1.29, 1.82) is 0 Å². The van der Waals surface area contributed by atoms with Crippen LogP contribution in [-0.4, -0.2) is 25.5 Å². The first kappa shape index (κ1) is 18.8. The molecule has 2 rings (SSSR count). The van der Waals surface area contributed by atoms with Gasteiger partial charge in [0.15, 0.2) is 23.9 Å². The molecule has 0 unspecified atom stereocenters. The number of Topliss-reactive ketones (excluding diaryl/α,β-unsaturated/α-hetero) is 1. The number of hydrogen-bond donors (Lipinski definition) is 0. The van der Waals surface area contributed by atoms with Crippen LogP contribution < -0.4 is 9.47 Å². The van der Waals surface area contributed by atoms with Gasteiger partial charge in [-0.1, -0.05) is 29.8 Å². The van der Waals surface area contributed by atoms with Crippen LogP contribution in [0.3, 0.4) is 0 Å². The minimum Gasteiger partial charge on any atom is -0.493 e. The SMILES string of the molecule is COc1cc(C(C)=O)ccc1OCC(=O)O[C@@H](C)c1ccccc1Cl. The van der Waals surface area contributed by atoms with Crippen LogP contribution in [0.2, 0.25) is 5.02 Å². The van der Waals surface area contributed by atoms with Gasteiger partial charge >= 0.3 is 5.97 Å². The van der Waals surface area contributed by atoms with Gasteiger partial charge in [0.25, 0.3) is 0 Å². The maximum atomic E-state index is 12.0. The fourth-order valence-electron chi connectivity index (χ4n) is 2.24. The first-order chi connectivity index (χ1) is 11.9. The average Bonchev–Trinajstić information content (AvgIpc) is 2.59. The van der Waals surface area contributed by atoms with Crippen LogP contribution in [0, 0.1) is 0 Å². The summed E-state index contributed by atoms with van der Waals surface area (Å²) in [5.74, 6) is 0.109. The Labute approximate surface area is 151 Å². The second-order valence-corrected chi connectivity index (χ2v) is 5.77. The maximum absolute atomic E-state index is 12.0. The van der Waals surface area contributed by atoms with Gasteiger partial charge in [-0.15, -0.1) is 0 Å². The Kier molecular flexibility index (Phi) is 6.42. The van der Waals surface area contributed by atoms with Gasteiger partial charge in [-0.3, -0.25) is 4.79 Å². The molecule has 0 saturated carbocycles. The highest BCUT2D eigenvalue weighted by Crippen LogP contribution is 2.29. The van der Waals surface area contributed by atoms with Crippen molar-refractivity contribution in [1.82, 2.24) is 0 Å². The number of methoxy groups -OCH3 is 1. The minimum absolute atomic E-state index is 0.0853. The van der Waals surface area contributed by atoms with Crippen LogP contribution in [0.5, 0.6) is 11.5 Å². The third kappa shape index (κ3) is 4.97. The highest BCUT2D eigenvalue weighted by Gasteiger charge is 2.16. The zero-order valence-electron chi connectivity index (χ0n) is 14.2.